The van der Waals surface area contributed by atoms with Crippen LogP contribution >= 0.6 is 11.6 Å². The minimum atomic E-state index is 0.140. The normalized spacial score (nSPS) is 19.9. The zero-order valence-electron chi connectivity index (χ0n) is 11.1. The Morgan fingerprint density at radius 3 is 2.89 bits per heavy atom. The number of hydrogen-bond donors (Lipinski definition) is 0. The van der Waals surface area contributed by atoms with Gasteiger partial charge in [-0.2, -0.15) is 0 Å². The van der Waals surface area contributed by atoms with Crippen molar-refractivity contribution in [3.05, 3.63) is 34.9 Å². The molecule has 98 valence electrons. The van der Waals surface area contributed by atoms with Crippen LogP contribution in [0.15, 0.2) is 18.2 Å². The van der Waals surface area contributed by atoms with Crippen molar-refractivity contribution in [1.29, 1.82) is 0 Å². The number of halogens is 1. The number of likely N-dealkylation sites (tertiary alicyclic amines) is 1. The lowest BCUT2D eigenvalue weighted by molar-refractivity contribution is 0.0638. The zero-order chi connectivity index (χ0) is 13.1. The molecule has 0 spiro atoms. The first-order valence-electron chi connectivity index (χ1n) is 6.57. The van der Waals surface area contributed by atoms with E-state index in [0.29, 0.717) is 5.88 Å². The number of aryl methyl sites for hydroxylation is 2. The second-order valence-electron chi connectivity index (χ2n) is 5.12. The van der Waals surface area contributed by atoms with Crippen molar-refractivity contribution in [3.63, 3.8) is 0 Å². The monoisotopic (exact) mass is 265 g/mol. The Bertz CT molecular complexity index is 444. The molecule has 1 fully saturated rings. The highest BCUT2D eigenvalue weighted by Crippen LogP contribution is 2.22. The maximum Gasteiger partial charge on any atom is 0.254 e. The first-order chi connectivity index (χ1) is 8.63. The molecule has 3 heteroatoms. The molecule has 0 radical (unpaired) electrons. The molecule has 1 aliphatic rings. The third-order valence-electron chi connectivity index (χ3n) is 3.69. The van der Waals surface area contributed by atoms with Crippen molar-refractivity contribution in [2.24, 2.45) is 0 Å². The number of hydrogen-bond acceptors (Lipinski definition) is 1. The van der Waals surface area contributed by atoms with Crippen LogP contribution in [0.5, 0.6) is 0 Å². The van der Waals surface area contributed by atoms with Crippen LogP contribution in [-0.4, -0.2) is 29.3 Å². The van der Waals surface area contributed by atoms with Crippen molar-refractivity contribution >= 4 is 17.5 Å². The molecule has 1 atom stereocenters. The van der Waals surface area contributed by atoms with Crippen LogP contribution in [0.3, 0.4) is 0 Å². The molecule has 1 aliphatic heterocycles. The van der Waals surface area contributed by atoms with E-state index in [1.54, 1.807) is 0 Å². The number of nitrogens with zero attached hydrogens (tertiary/aromatic N) is 1. The van der Waals surface area contributed by atoms with Gasteiger partial charge in [-0.25, -0.2) is 0 Å². The topological polar surface area (TPSA) is 20.3 Å². The summed E-state index contributed by atoms with van der Waals surface area (Å²) in [7, 11) is 0. The van der Waals surface area contributed by atoms with Crippen LogP contribution in [0.1, 0.15) is 40.7 Å². The summed E-state index contributed by atoms with van der Waals surface area (Å²) < 4.78 is 0. The quantitative estimate of drug-likeness (QED) is 0.749. The fourth-order valence-corrected chi connectivity index (χ4v) is 2.87. The van der Waals surface area contributed by atoms with Crippen molar-refractivity contribution in [2.75, 3.05) is 12.4 Å². The number of benzene rings is 1. The predicted octanol–water partition coefficient (Wildman–Crippen LogP) is 3.54. The molecule has 1 saturated heterocycles. The molecule has 18 heavy (non-hydrogen) atoms. The Hall–Kier alpha value is -1.02. The highest BCUT2D eigenvalue weighted by molar-refractivity contribution is 6.18. The zero-order valence-corrected chi connectivity index (χ0v) is 11.8. The molecule has 1 unspecified atom stereocenters. The molecule has 1 aromatic carbocycles. The van der Waals surface area contributed by atoms with E-state index < -0.39 is 0 Å². The molecule has 1 amide bonds. The van der Waals surface area contributed by atoms with Crippen LogP contribution in [0, 0.1) is 13.8 Å². The van der Waals surface area contributed by atoms with Crippen LogP contribution in [0.4, 0.5) is 0 Å². The molecule has 0 aliphatic carbocycles. The van der Waals surface area contributed by atoms with Gasteiger partial charge in [0.1, 0.15) is 0 Å². The summed E-state index contributed by atoms with van der Waals surface area (Å²) in [5, 5.41) is 0. The highest BCUT2D eigenvalue weighted by atomic mass is 35.5. The van der Waals surface area contributed by atoms with Crippen molar-refractivity contribution in [2.45, 2.75) is 39.2 Å². The predicted molar refractivity (Wildman–Crippen MR) is 75.3 cm³/mol. The number of carbonyl (C=O) groups is 1. The molecule has 1 aromatic rings. The van der Waals surface area contributed by atoms with E-state index >= 15 is 0 Å². The molecule has 0 saturated carbocycles. The first-order valence-corrected chi connectivity index (χ1v) is 7.11. The number of piperidine rings is 1. The summed E-state index contributed by atoms with van der Waals surface area (Å²) in [6.07, 6.45) is 3.29. The second-order valence-corrected chi connectivity index (χ2v) is 5.43. The standard InChI is InChI=1S/C15H20ClNO/c1-11-6-7-12(2)14(9-11)15(18)17-8-4-3-5-13(17)10-16/h6-7,9,13H,3-5,8,10H2,1-2H3. The van der Waals surface area contributed by atoms with Gasteiger partial charge in [0, 0.05) is 24.0 Å². The van der Waals surface area contributed by atoms with Crippen LogP contribution < -0.4 is 0 Å². The van der Waals surface area contributed by atoms with Crippen molar-refractivity contribution < 1.29 is 4.79 Å². The summed E-state index contributed by atoms with van der Waals surface area (Å²) in [6, 6.07) is 6.24. The molecule has 2 nitrogen and oxygen atoms in total. The maximum absolute atomic E-state index is 12.6. The summed E-state index contributed by atoms with van der Waals surface area (Å²) in [5.41, 5.74) is 3.00. The van der Waals surface area contributed by atoms with Gasteiger partial charge in [-0.05, 0) is 44.7 Å². The van der Waals surface area contributed by atoms with Crippen LogP contribution in [-0.2, 0) is 0 Å². The molecule has 0 N–H and O–H groups in total. The lowest BCUT2D eigenvalue weighted by Gasteiger charge is -2.35. The lowest BCUT2D eigenvalue weighted by atomic mass is 9.99. The van der Waals surface area contributed by atoms with Gasteiger partial charge in [0.05, 0.1) is 0 Å². The SMILES string of the molecule is Cc1ccc(C)c(C(=O)N2CCCCC2CCl)c1. The number of rotatable bonds is 2. The summed E-state index contributed by atoms with van der Waals surface area (Å²) in [4.78, 5) is 14.6. The Morgan fingerprint density at radius 2 is 2.17 bits per heavy atom. The maximum atomic E-state index is 12.6. The molecule has 0 bridgehead atoms. The van der Waals surface area contributed by atoms with Gasteiger partial charge in [-0.15, -0.1) is 11.6 Å². The Kier molecular flexibility index (Phi) is 4.28. The van der Waals surface area contributed by atoms with E-state index in [-0.39, 0.29) is 11.9 Å². The summed E-state index contributed by atoms with van der Waals surface area (Å²) >= 11 is 5.98. The molecular formula is C15H20ClNO. The van der Waals surface area contributed by atoms with E-state index in [9.17, 15) is 4.79 Å². The van der Waals surface area contributed by atoms with Gasteiger partial charge < -0.3 is 4.90 Å². The molecule has 2 rings (SSSR count). The minimum absolute atomic E-state index is 0.140. The summed E-state index contributed by atoms with van der Waals surface area (Å²) in [6.45, 7) is 4.85. The van der Waals surface area contributed by atoms with E-state index in [1.165, 1.54) is 6.42 Å². The molecule has 0 aromatic heterocycles. The van der Waals surface area contributed by atoms with E-state index in [1.807, 2.05) is 36.9 Å². The van der Waals surface area contributed by atoms with E-state index in [2.05, 4.69) is 0 Å². The molecule has 1 heterocycles. The van der Waals surface area contributed by atoms with Crippen molar-refractivity contribution in [3.8, 4) is 0 Å². The highest BCUT2D eigenvalue weighted by Gasteiger charge is 2.27. The largest absolute Gasteiger partial charge is 0.334 e. The fraction of sp³-hybridized carbons (Fsp3) is 0.533. The van der Waals surface area contributed by atoms with Crippen molar-refractivity contribution in [1.82, 2.24) is 4.90 Å². The lowest BCUT2D eigenvalue weighted by Crippen LogP contribution is -2.45. The van der Waals surface area contributed by atoms with E-state index in [4.69, 9.17) is 11.6 Å². The van der Waals surface area contributed by atoms with Gasteiger partial charge in [0.15, 0.2) is 0 Å². The van der Waals surface area contributed by atoms with Gasteiger partial charge >= 0.3 is 0 Å². The van der Waals surface area contributed by atoms with Gasteiger partial charge in [0.2, 0.25) is 0 Å². The van der Waals surface area contributed by atoms with Gasteiger partial charge in [-0.1, -0.05) is 17.7 Å². The van der Waals surface area contributed by atoms with E-state index in [0.717, 1.165) is 36.1 Å². The Morgan fingerprint density at radius 1 is 1.39 bits per heavy atom. The Balaban J connectivity index is 2.26. The number of amides is 1. The third-order valence-corrected chi connectivity index (χ3v) is 4.05. The van der Waals surface area contributed by atoms with Gasteiger partial charge in [0.25, 0.3) is 5.91 Å². The molecular weight excluding hydrogens is 246 g/mol. The fourth-order valence-electron chi connectivity index (χ4n) is 2.55. The van der Waals surface area contributed by atoms with Gasteiger partial charge in [-0.3, -0.25) is 4.79 Å². The number of alkyl halides is 1. The Labute approximate surface area is 114 Å². The average molecular weight is 266 g/mol. The van der Waals surface area contributed by atoms with Crippen LogP contribution in [0.25, 0.3) is 0 Å². The average Bonchev–Trinajstić information content (AvgIpc) is 2.40. The smallest absolute Gasteiger partial charge is 0.254 e. The number of carbonyl (C=O) groups excluding carboxylic acids is 1. The van der Waals surface area contributed by atoms with Crippen LogP contribution in [0.2, 0.25) is 0 Å². The third kappa shape index (κ3) is 2.69. The minimum Gasteiger partial charge on any atom is -0.334 e. The first kappa shape index (κ1) is 13.4. The second kappa shape index (κ2) is 5.75. The summed E-state index contributed by atoms with van der Waals surface area (Å²) in [5.74, 6) is 0.679.